The lowest BCUT2D eigenvalue weighted by Crippen LogP contribution is -2.32. The molecule has 1 unspecified atom stereocenters. The van der Waals surface area contributed by atoms with Crippen molar-refractivity contribution in [3.8, 4) is 23.0 Å². The minimum atomic E-state index is -0.526. The van der Waals surface area contributed by atoms with E-state index >= 15 is 0 Å². The van der Waals surface area contributed by atoms with Crippen LogP contribution in [0.5, 0.6) is 23.0 Å². The largest absolute Gasteiger partial charge is 0.497 e. The summed E-state index contributed by atoms with van der Waals surface area (Å²) in [7, 11) is 6.20. The van der Waals surface area contributed by atoms with E-state index in [0.29, 0.717) is 40.8 Å². The lowest BCUT2D eigenvalue weighted by Gasteiger charge is -2.28. The molecule has 35 heavy (non-hydrogen) atoms. The first-order valence-electron chi connectivity index (χ1n) is 11.1. The summed E-state index contributed by atoms with van der Waals surface area (Å²) >= 11 is 0. The monoisotopic (exact) mass is 476 g/mol. The highest BCUT2D eigenvalue weighted by Gasteiger charge is 2.35. The van der Waals surface area contributed by atoms with Gasteiger partial charge in [-0.3, -0.25) is 9.59 Å². The minimum Gasteiger partial charge on any atom is -0.497 e. The van der Waals surface area contributed by atoms with E-state index in [1.165, 1.54) is 0 Å². The first kappa shape index (κ1) is 23.9. The Hall–Kier alpha value is -4.20. The van der Waals surface area contributed by atoms with Crippen molar-refractivity contribution in [1.29, 1.82) is 0 Å². The number of carbonyl (C=O) groups is 2. The van der Waals surface area contributed by atoms with E-state index in [9.17, 15) is 9.59 Å². The number of fused-ring (bicyclic) bond motifs is 1. The van der Waals surface area contributed by atoms with Crippen LogP contribution in [0.4, 0.5) is 5.69 Å². The number of nitrogens with one attached hydrogen (secondary N) is 1. The van der Waals surface area contributed by atoms with Gasteiger partial charge in [0.25, 0.3) is 5.91 Å². The van der Waals surface area contributed by atoms with Gasteiger partial charge in [0.1, 0.15) is 11.5 Å². The number of rotatable bonds is 9. The predicted octanol–water partition coefficient (Wildman–Crippen LogP) is 4.45. The molecule has 0 bridgehead atoms. The molecule has 1 aliphatic rings. The second kappa shape index (κ2) is 10.4. The maximum Gasteiger partial charge on any atom is 0.255 e. The molecule has 182 valence electrons. The first-order chi connectivity index (χ1) is 17.0. The van der Waals surface area contributed by atoms with Crippen LogP contribution in [-0.2, 0) is 11.3 Å². The molecule has 8 nitrogen and oxygen atoms in total. The zero-order chi connectivity index (χ0) is 24.9. The third kappa shape index (κ3) is 5.01. The van der Waals surface area contributed by atoms with Crippen LogP contribution in [0.15, 0.2) is 60.7 Å². The van der Waals surface area contributed by atoms with Gasteiger partial charge in [-0.25, -0.2) is 0 Å². The van der Waals surface area contributed by atoms with Crippen LogP contribution in [0.3, 0.4) is 0 Å². The van der Waals surface area contributed by atoms with E-state index in [1.807, 2.05) is 36.4 Å². The number of hydrogen-bond donors (Lipinski definition) is 1. The zero-order valence-electron chi connectivity index (χ0n) is 20.2. The fourth-order valence-electron chi connectivity index (χ4n) is 4.26. The molecule has 0 fully saturated rings. The van der Waals surface area contributed by atoms with Crippen LogP contribution in [0.1, 0.15) is 33.9 Å². The van der Waals surface area contributed by atoms with Crippen LogP contribution < -0.4 is 24.3 Å². The van der Waals surface area contributed by atoms with Crippen molar-refractivity contribution in [2.75, 3.05) is 33.8 Å². The van der Waals surface area contributed by atoms with E-state index in [1.54, 1.807) is 57.6 Å². The standard InChI is InChI=1S/C27H28N2O6/c1-32-20-12-19(13-21(14-20)33-2)28-26(30)15-23(17-9-10-24(34-3)25(11-17)35-4)29-16-18-7-5-6-8-22(18)27(29)31/h5-14,23H,15-16H2,1-4H3,(H,28,30). The fourth-order valence-corrected chi connectivity index (χ4v) is 4.26. The van der Waals surface area contributed by atoms with Gasteiger partial charge in [0.15, 0.2) is 11.5 Å². The van der Waals surface area contributed by atoms with Crippen molar-refractivity contribution >= 4 is 17.5 Å². The van der Waals surface area contributed by atoms with E-state index in [4.69, 9.17) is 18.9 Å². The van der Waals surface area contributed by atoms with Gasteiger partial charge >= 0.3 is 0 Å². The number of amides is 2. The number of nitrogens with zero attached hydrogens (tertiary/aromatic N) is 1. The van der Waals surface area contributed by atoms with E-state index in [0.717, 1.165) is 11.1 Å². The molecule has 8 heteroatoms. The molecule has 0 saturated carbocycles. The fraction of sp³-hybridized carbons (Fsp3) is 0.259. The van der Waals surface area contributed by atoms with Gasteiger partial charge < -0.3 is 29.2 Å². The summed E-state index contributed by atoms with van der Waals surface area (Å²) in [5.74, 6) is 1.83. The van der Waals surface area contributed by atoms with Crippen molar-refractivity contribution in [2.45, 2.75) is 19.0 Å². The average molecular weight is 477 g/mol. The maximum absolute atomic E-state index is 13.3. The number of benzene rings is 3. The zero-order valence-corrected chi connectivity index (χ0v) is 20.2. The number of ether oxygens (including phenoxy) is 4. The topological polar surface area (TPSA) is 86.3 Å². The van der Waals surface area contributed by atoms with Gasteiger partial charge in [0.2, 0.25) is 5.91 Å². The summed E-state index contributed by atoms with van der Waals surface area (Å²) in [6.45, 7) is 0.411. The molecule has 3 aromatic carbocycles. The van der Waals surface area contributed by atoms with Crippen LogP contribution >= 0.6 is 0 Å². The van der Waals surface area contributed by atoms with Crippen molar-refractivity contribution < 1.29 is 28.5 Å². The number of anilines is 1. The number of hydrogen-bond acceptors (Lipinski definition) is 6. The Labute approximate surface area is 204 Å². The number of carbonyl (C=O) groups excluding carboxylic acids is 2. The normalized spacial score (nSPS) is 13.1. The van der Waals surface area contributed by atoms with Gasteiger partial charge in [-0.2, -0.15) is 0 Å². The molecule has 1 atom stereocenters. The summed E-state index contributed by atoms with van der Waals surface area (Å²) in [6, 6.07) is 17.5. The molecule has 3 aromatic rings. The molecule has 1 heterocycles. The molecule has 4 rings (SSSR count). The van der Waals surface area contributed by atoms with Gasteiger partial charge in [0.05, 0.1) is 40.9 Å². The lowest BCUT2D eigenvalue weighted by atomic mass is 10.0. The minimum absolute atomic E-state index is 0.0364. The Morgan fingerprint density at radius 2 is 1.57 bits per heavy atom. The molecule has 1 aliphatic heterocycles. The smallest absolute Gasteiger partial charge is 0.255 e. The summed E-state index contributed by atoms with van der Waals surface area (Å²) in [6.07, 6.45) is 0.0364. The van der Waals surface area contributed by atoms with Crippen LogP contribution in [-0.4, -0.2) is 45.2 Å². The Bertz CT molecular complexity index is 1220. The molecule has 0 aliphatic carbocycles. The van der Waals surface area contributed by atoms with Crippen molar-refractivity contribution in [3.63, 3.8) is 0 Å². The SMILES string of the molecule is COc1cc(NC(=O)CC(c2ccc(OC)c(OC)c2)N2Cc3ccccc3C2=O)cc(OC)c1. The Balaban J connectivity index is 1.65. The molecule has 0 spiro atoms. The molecule has 2 amide bonds. The lowest BCUT2D eigenvalue weighted by molar-refractivity contribution is -0.117. The summed E-state index contributed by atoms with van der Waals surface area (Å²) in [4.78, 5) is 28.2. The average Bonchev–Trinajstić information content (AvgIpc) is 3.22. The first-order valence-corrected chi connectivity index (χ1v) is 11.1. The van der Waals surface area contributed by atoms with Gasteiger partial charge in [-0.15, -0.1) is 0 Å². The Morgan fingerprint density at radius 1 is 0.886 bits per heavy atom. The van der Waals surface area contributed by atoms with E-state index < -0.39 is 6.04 Å². The second-order valence-corrected chi connectivity index (χ2v) is 8.07. The molecular formula is C27H28N2O6. The van der Waals surface area contributed by atoms with E-state index in [-0.39, 0.29) is 18.2 Å². The third-order valence-electron chi connectivity index (χ3n) is 6.03. The van der Waals surface area contributed by atoms with Crippen molar-refractivity contribution in [3.05, 3.63) is 77.4 Å². The van der Waals surface area contributed by atoms with Crippen LogP contribution in [0.2, 0.25) is 0 Å². The van der Waals surface area contributed by atoms with Gasteiger partial charge in [-0.05, 0) is 29.3 Å². The summed E-state index contributed by atoms with van der Waals surface area (Å²) < 4.78 is 21.4. The molecule has 0 radical (unpaired) electrons. The highest BCUT2D eigenvalue weighted by atomic mass is 16.5. The van der Waals surface area contributed by atoms with Gasteiger partial charge in [0, 0.05) is 36.0 Å². The quantitative estimate of drug-likeness (QED) is 0.491. The highest BCUT2D eigenvalue weighted by molar-refractivity contribution is 5.99. The van der Waals surface area contributed by atoms with Gasteiger partial charge in [-0.1, -0.05) is 24.3 Å². The second-order valence-electron chi connectivity index (χ2n) is 8.07. The summed E-state index contributed by atoms with van der Waals surface area (Å²) in [5, 5.41) is 2.91. The van der Waals surface area contributed by atoms with Crippen molar-refractivity contribution in [1.82, 2.24) is 4.90 Å². The maximum atomic E-state index is 13.3. The molecule has 1 N–H and O–H groups in total. The molecular weight excluding hydrogens is 448 g/mol. The number of methoxy groups -OCH3 is 4. The highest BCUT2D eigenvalue weighted by Crippen LogP contribution is 2.37. The third-order valence-corrected chi connectivity index (χ3v) is 6.03. The van der Waals surface area contributed by atoms with Crippen molar-refractivity contribution in [2.24, 2.45) is 0 Å². The summed E-state index contributed by atoms with van der Waals surface area (Å²) in [5.41, 5.74) is 2.88. The van der Waals surface area contributed by atoms with Crippen LogP contribution in [0.25, 0.3) is 0 Å². The van der Waals surface area contributed by atoms with E-state index in [2.05, 4.69) is 5.32 Å². The Kier molecular flexibility index (Phi) is 7.10. The predicted molar refractivity (Wildman–Crippen MR) is 131 cm³/mol. The van der Waals surface area contributed by atoms with Crippen LogP contribution in [0, 0.1) is 0 Å². The Morgan fingerprint density at radius 3 is 2.20 bits per heavy atom. The molecule has 0 saturated heterocycles. The molecule has 0 aromatic heterocycles.